The van der Waals surface area contributed by atoms with E-state index in [0.29, 0.717) is 13.0 Å². The average molecular weight is 230 g/mol. The first-order chi connectivity index (χ1) is 7.17. The molecule has 5 heteroatoms. The van der Waals surface area contributed by atoms with E-state index < -0.39 is 0 Å². The number of rotatable bonds is 5. The van der Waals surface area contributed by atoms with E-state index in [1.807, 2.05) is 6.26 Å². The van der Waals surface area contributed by atoms with Gasteiger partial charge in [-0.1, -0.05) is 6.92 Å². The minimum absolute atomic E-state index is 0.00856. The molecule has 1 heterocycles. The summed E-state index contributed by atoms with van der Waals surface area (Å²) in [6, 6.07) is 0.225. The van der Waals surface area contributed by atoms with Crippen LogP contribution in [0.3, 0.4) is 0 Å². The average Bonchev–Trinajstić information content (AvgIpc) is 2.64. The lowest BCUT2D eigenvalue weighted by molar-refractivity contribution is -0.127. The van der Waals surface area contributed by atoms with Gasteiger partial charge in [0.05, 0.1) is 5.92 Å². The van der Waals surface area contributed by atoms with Crippen molar-refractivity contribution in [1.29, 1.82) is 0 Å². The molecule has 4 nitrogen and oxygen atoms in total. The van der Waals surface area contributed by atoms with E-state index in [2.05, 4.69) is 17.6 Å². The second-order valence-corrected chi connectivity index (χ2v) is 4.68. The molecule has 1 saturated heterocycles. The van der Waals surface area contributed by atoms with Gasteiger partial charge >= 0.3 is 0 Å². The van der Waals surface area contributed by atoms with Gasteiger partial charge in [0.25, 0.3) is 0 Å². The van der Waals surface area contributed by atoms with Crippen LogP contribution >= 0.6 is 11.8 Å². The minimum atomic E-state index is -0.173. The van der Waals surface area contributed by atoms with Gasteiger partial charge in [-0.3, -0.25) is 9.59 Å². The molecule has 1 fully saturated rings. The topological polar surface area (TPSA) is 58.2 Å². The molecule has 0 aromatic rings. The van der Waals surface area contributed by atoms with Crippen LogP contribution in [0.1, 0.15) is 19.8 Å². The number of thioether (sulfide) groups is 1. The zero-order valence-electron chi connectivity index (χ0n) is 9.21. The summed E-state index contributed by atoms with van der Waals surface area (Å²) in [5, 5.41) is 5.65. The summed E-state index contributed by atoms with van der Waals surface area (Å²) in [7, 11) is 0. The van der Waals surface area contributed by atoms with Crippen molar-refractivity contribution < 1.29 is 9.59 Å². The van der Waals surface area contributed by atoms with Gasteiger partial charge in [0.15, 0.2) is 0 Å². The summed E-state index contributed by atoms with van der Waals surface area (Å²) in [5.41, 5.74) is 0. The molecule has 2 N–H and O–H groups in total. The Morgan fingerprint density at radius 2 is 2.47 bits per heavy atom. The number of carbonyl (C=O) groups is 2. The molecule has 1 rings (SSSR count). The van der Waals surface area contributed by atoms with Crippen LogP contribution in [0.25, 0.3) is 0 Å². The van der Waals surface area contributed by atoms with E-state index in [9.17, 15) is 9.59 Å². The van der Waals surface area contributed by atoms with Crippen molar-refractivity contribution in [2.45, 2.75) is 25.8 Å². The summed E-state index contributed by atoms with van der Waals surface area (Å²) in [6.45, 7) is 2.54. The number of hydrogen-bond acceptors (Lipinski definition) is 3. The Labute approximate surface area is 94.6 Å². The molecule has 0 aliphatic carbocycles. The van der Waals surface area contributed by atoms with E-state index in [-0.39, 0.29) is 23.8 Å². The first kappa shape index (κ1) is 12.4. The van der Waals surface area contributed by atoms with Crippen molar-refractivity contribution in [3.05, 3.63) is 0 Å². The van der Waals surface area contributed by atoms with Gasteiger partial charge in [-0.2, -0.15) is 11.8 Å². The Morgan fingerprint density at radius 1 is 1.73 bits per heavy atom. The third-order valence-electron chi connectivity index (χ3n) is 2.56. The Kier molecular flexibility index (Phi) is 4.94. The van der Waals surface area contributed by atoms with Crippen LogP contribution in [0.4, 0.5) is 0 Å². The Bertz CT molecular complexity index is 246. The van der Waals surface area contributed by atoms with E-state index in [1.54, 1.807) is 11.8 Å². The standard InChI is InChI=1S/C10H18N2O2S/c1-3-8(6-15-2)12-10(14)7-4-9(13)11-5-7/h7-8H,3-6H2,1-2H3,(H,11,13)(H,12,14). The first-order valence-electron chi connectivity index (χ1n) is 5.23. The maximum atomic E-state index is 11.7. The van der Waals surface area contributed by atoms with Crippen molar-refractivity contribution in [3.63, 3.8) is 0 Å². The quantitative estimate of drug-likeness (QED) is 0.718. The molecular formula is C10H18N2O2S. The highest BCUT2D eigenvalue weighted by molar-refractivity contribution is 7.98. The number of nitrogens with one attached hydrogen (secondary N) is 2. The van der Waals surface area contributed by atoms with Crippen molar-refractivity contribution in [1.82, 2.24) is 10.6 Å². The molecule has 0 spiro atoms. The summed E-state index contributed by atoms with van der Waals surface area (Å²) in [5.74, 6) is 0.742. The third-order valence-corrected chi connectivity index (χ3v) is 3.29. The third kappa shape index (κ3) is 3.74. The van der Waals surface area contributed by atoms with Gasteiger partial charge < -0.3 is 10.6 Å². The molecule has 2 amide bonds. The second-order valence-electron chi connectivity index (χ2n) is 3.77. The second kappa shape index (κ2) is 6.00. The fraction of sp³-hybridized carbons (Fsp3) is 0.800. The predicted octanol–water partition coefficient (Wildman–Crippen LogP) is 0.380. The van der Waals surface area contributed by atoms with Crippen molar-refractivity contribution in [3.8, 4) is 0 Å². The molecule has 0 aromatic heterocycles. The van der Waals surface area contributed by atoms with Gasteiger partial charge in [0.2, 0.25) is 11.8 Å². The summed E-state index contributed by atoms with van der Waals surface area (Å²) in [4.78, 5) is 22.7. The van der Waals surface area contributed by atoms with Crippen molar-refractivity contribution >= 4 is 23.6 Å². The number of hydrogen-bond donors (Lipinski definition) is 2. The largest absolute Gasteiger partial charge is 0.355 e. The first-order valence-corrected chi connectivity index (χ1v) is 6.62. The molecule has 2 unspecified atom stereocenters. The van der Waals surface area contributed by atoms with E-state index in [1.165, 1.54) is 0 Å². The molecule has 0 aromatic carbocycles. The highest BCUT2D eigenvalue weighted by Crippen LogP contribution is 2.10. The van der Waals surface area contributed by atoms with Crippen LogP contribution in [0, 0.1) is 5.92 Å². The summed E-state index contributed by atoms with van der Waals surface area (Å²) < 4.78 is 0. The van der Waals surface area contributed by atoms with Gasteiger partial charge in [0.1, 0.15) is 0 Å². The lowest BCUT2D eigenvalue weighted by atomic mass is 10.1. The van der Waals surface area contributed by atoms with E-state index in [0.717, 1.165) is 12.2 Å². The maximum Gasteiger partial charge on any atom is 0.225 e. The lowest BCUT2D eigenvalue weighted by Crippen LogP contribution is -2.40. The van der Waals surface area contributed by atoms with Gasteiger partial charge in [-0.05, 0) is 12.7 Å². The summed E-state index contributed by atoms with van der Waals surface area (Å²) in [6.07, 6.45) is 3.29. The smallest absolute Gasteiger partial charge is 0.225 e. The molecule has 1 aliphatic rings. The SMILES string of the molecule is CCC(CSC)NC(=O)C1CNC(=O)C1. The van der Waals surface area contributed by atoms with Crippen molar-refractivity contribution in [2.75, 3.05) is 18.6 Å². The van der Waals surface area contributed by atoms with Crippen LogP contribution < -0.4 is 10.6 Å². The van der Waals surface area contributed by atoms with Gasteiger partial charge in [0, 0.05) is 24.8 Å². The molecule has 0 saturated carbocycles. The minimum Gasteiger partial charge on any atom is -0.355 e. The lowest BCUT2D eigenvalue weighted by Gasteiger charge is -2.17. The molecular weight excluding hydrogens is 212 g/mol. The zero-order chi connectivity index (χ0) is 11.3. The fourth-order valence-corrected chi connectivity index (χ4v) is 2.29. The van der Waals surface area contributed by atoms with Gasteiger partial charge in [-0.25, -0.2) is 0 Å². The highest BCUT2D eigenvalue weighted by Gasteiger charge is 2.28. The normalized spacial score (nSPS) is 22.3. The Balaban J connectivity index is 2.36. The predicted molar refractivity (Wildman–Crippen MR) is 61.7 cm³/mol. The summed E-state index contributed by atoms with van der Waals surface area (Å²) >= 11 is 1.72. The number of carbonyl (C=O) groups excluding carboxylic acids is 2. The zero-order valence-corrected chi connectivity index (χ0v) is 10.0. The van der Waals surface area contributed by atoms with Crippen molar-refractivity contribution in [2.24, 2.45) is 5.92 Å². The molecule has 1 aliphatic heterocycles. The molecule has 2 atom stereocenters. The molecule has 0 bridgehead atoms. The number of amides is 2. The monoisotopic (exact) mass is 230 g/mol. The van der Waals surface area contributed by atoms with E-state index in [4.69, 9.17) is 0 Å². The molecule has 86 valence electrons. The van der Waals surface area contributed by atoms with Crippen LogP contribution in [-0.2, 0) is 9.59 Å². The maximum absolute atomic E-state index is 11.7. The molecule has 0 radical (unpaired) electrons. The van der Waals surface area contributed by atoms with Crippen LogP contribution in [0.5, 0.6) is 0 Å². The molecule has 15 heavy (non-hydrogen) atoms. The Morgan fingerprint density at radius 3 is 2.93 bits per heavy atom. The van der Waals surface area contributed by atoms with Crippen LogP contribution in [0.15, 0.2) is 0 Å². The van der Waals surface area contributed by atoms with Crippen LogP contribution in [0.2, 0.25) is 0 Å². The fourth-order valence-electron chi connectivity index (χ4n) is 1.57. The Hall–Kier alpha value is -0.710. The van der Waals surface area contributed by atoms with E-state index >= 15 is 0 Å². The van der Waals surface area contributed by atoms with Crippen LogP contribution in [-0.4, -0.2) is 36.4 Å². The highest BCUT2D eigenvalue weighted by atomic mass is 32.2. The van der Waals surface area contributed by atoms with Gasteiger partial charge in [-0.15, -0.1) is 0 Å².